The molecule has 0 heterocycles. The Morgan fingerprint density at radius 2 is 1.88 bits per heavy atom. The number of nitrogens with zero attached hydrogens (tertiary/aromatic N) is 1. The minimum atomic E-state index is 0.0919. The average molecular weight is 234 g/mol. The molecule has 0 radical (unpaired) electrons. The molecule has 17 heavy (non-hydrogen) atoms. The molecule has 0 aromatic heterocycles. The van der Waals surface area contributed by atoms with E-state index in [4.69, 9.17) is 10.1 Å². The van der Waals surface area contributed by atoms with Crippen LogP contribution in [0, 0.1) is 12.3 Å². The van der Waals surface area contributed by atoms with Crippen molar-refractivity contribution in [1.82, 2.24) is 0 Å². The summed E-state index contributed by atoms with van der Waals surface area (Å²) in [6.45, 7) is 8.59. The lowest BCUT2D eigenvalue weighted by Gasteiger charge is -2.25. The Bertz CT molecular complexity index is 419. The second-order valence-electron chi connectivity index (χ2n) is 5.34. The first-order chi connectivity index (χ1) is 7.81. The van der Waals surface area contributed by atoms with E-state index in [1.165, 1.54) is 11.9 Å². The van der Waals surface area contributed by atoms with Gasteiger partial charge < -0.3 is 9.64 Å². The molecular formula is C14H22N2O. The molecule has 1 aromatic rings. The highest BCUT2D eigenvalue weighted by molar-refractivity contribution is 5.81. The van der Waals surface area contributed by atoms with Crippen LogP contribution in [-0.4, -0.2) is 20.5 Å². The summed E-state index contributed by atoms with van der Waals surface area (Å²) in [4.78, 5) is 1.76. The van der Waals surface area contributed by atoms with Crippen molar-refractivity contribution in [2.45, 2.75) is 33.1 Å². The first-order valence-corrected chi connectivity index (χ1v) is 5.73. The highest BCUT2D eigenvalue weighted by Crippen LogP contribution is 2.36. The molecule has 1 N–H and O–H groups in total. The fraction of sp³-hybridized carbons (Fsp3) is 0.500. The van der Waals surface area contributed by atoms with Gasteiger partial charge in [0.25, 0.3) is 0 Å². The summed E-state index contributed by atoms with van der Waals surface area (Å²) >= 11 is 0. The molecular weight excluding hydrogens is 212 g/mol. The van der Waals surface area contributed by atoms with Gasteiger partial charge >= 0.3 is 0 Å². The summed E-state index contributed by atoms with van der Waals surface area (Å²) in [5, 5.41) is 7.36. The van der Waals surface area contributed by atoms with Gasteiger partial charge in [0, 0.05) is 7.05 Å². The zero-order chi connectivity index (χ0) is 13.2. The third-order valence-electron chi connectivity index (χ3n) is 2.90. The van der Waals surface area contributed by atoms with Gasteiger partial charge in [0.05, 0.1) is 19.1 Å². The number of hydrogen-bond acceptors (Lipinski definition) is 2. The van der Waals surface area contributed by atoms with Gasteiger partial charge in [0.15, 0.2) is 0 Å². The first kappa shape index (κ1) is 13.6. The zero-order valence-electron chi connectivity index (χ0n) is 11.6. The van der Waals surface area contributed by atoms with Crippen LogP contribution in [0.15, 0.2) is 12.1 Å². The van der Waals surface area contributed by atoms with Crippen LogP contribution in [0.4, 0.5) is 5.69 Å². The van der Waals surface area contributed by atoms with Crippen LogP contribution in [0.3, 0.4) is 0 Å². The molecule has 3 heteroatoms. The fourth-order valence-corrected chi connectivity index (χ4v) is 1.79. The molecule has 0 unspecified atom stereocenters. The van der Waals surface area contributed by atoms with E-state index in [2.05, 4.69) is 32.9 Å². The minimum Gasteiger partial charge on any atom is -0.494 e. The maximum atomic E-state index is 7.36. The van der Waals surface area contributed by atoms with Gasteiger partial charge in [-0.05, 0) is 29.5 Å². The predicted molar refractivity (Wildman–Crippen MR) is 73.6 cm³/mol. The third-order valence-corrected chi connectivity index (χ3v) is 2.90. The van der Waals surface area contributed by atoms with Crippen molar-refractivity contribution < 1.29 is 4.74 Å². The maximum absolute atomic E-state index is 7.36. The Morgan fingerprint density at radius 1 is 1.29 bits per heavy atom. The SMILES string of the molecule is COc1c(C)cc(C(C)(C)C)cc1N(C)C=N. The van der Waals surface area contributed by atoms with Gasteiger partial charge in [-0.15, -0.1) is 0 Å². The highest BCUT2D eigenvalue weighted by Gasteiger charge is 2.19. The van der Waals surface area contributed by atoms with Gasteiger partial charge in [-0.2, -0.15) is 0 Å². The number of benzene rings is 1. The number of nitrogens with one attached hydrogen (secondary N) is 1. The lowest BCUT2D eigenvalue weighted by Crippen LogP contribution is -2.18. The molecule has 0 aliphatic rings. The van der Waals surface area contributed by atoms with Crippen LogP contribution in [0.25, 0.3) is 0 Å². The summed E-state index contributed by atoms with van der Waals surface area (Å²) in [6, 6.07) is 4.25. The highest BCUT2D eigenvalue weighted by atomic mass is 16.5. The van der Waals surface area contributed by atoms with Crippen molar-refractivity contribution in [2.75, 3.05) is 19.1 Å². The minimum absolute atomic E-state index is 0.0919. The maximum Gasteiger partial charge on any atom is 0.145 e. The number of anilines is 1. The molecule has 3 nitrogen and oxygen atoms in total. The van der Waals surface area contributed by atoms with Crippen molar-refractivity contribution in [1.29, 1.82) is 5.41 Å². The third kappa shape index (κ3) is 2.78. The van der Waals surface area contributed by atoms with Crippen LogP contribution < -0.4 is 9.64 Å². The molecule has 0 atom stereocenters. The van der Waals surface area contributed by atoms with Gasteiger partial charge in [-0.3, -0.25) is 5.41 Å². The predicted octanol–water partition coefficient (Wildman–Crippen LogP) is 3.34. The molecule has 0 spiro atoms. The van der Waals surface area contributed by atoms with Crippen molar-refractivity contribution in [3.63, 3.8) is 0 Å². The van der Waals surface area contributed by atoms with E-state index in [1.807, 2.05) is 14.0 Å². The van der Waals surface area contributed by atoms with Crippen LogP contribution in [0.1, 0.15) is 31.9 Å². The molecule has 0 aliphatic heterocycles. The topological polar surface area (TPSA) is 36.3 Å². The Hall–Kier alpha value is -1.51. The normalized spacial score (nSPS) is 11.2. The van der Waals surface area contributed by atoms with E-state index in [9.17, 15) is 0 Å². The number of methoxy groups -OCH3 is 1. The standard InChI is InChI=1S/C14H22N2O/c1-10-7-11(14(2,3)4)8-12(13(10)17-6)16(5)9-15/h7-9,15H,1-6H3. The zero-order valence-corrected chi connectivity index (χ0v) is 11.6. The van der Waals surface area contributed by atoms with Crippen LogP contribution in [0.2, 0.25) is 0 Å². The Kier molecular flexibility index (Phi) is 3.81. The van der Waals surface area contributed by atoms with Crippen LogP contribution in [-0.2, 0) is 5.41 Å². The van der Waals surface area contributed by atoms with E-state index < -0.39 is 0 Å². The lowest BCUT2D eigenvalue weighted by atomic mass is 9.85. The lowest BCUT2D eigenvalue weighted by molar-refractivity contribution is 0.412. The van der Waals surface area contributed by atoms with Crippen LogP contribution >= 0.6 is 0 Å². The van der Waals surface area contributed by atoms with E-state index >= 15 is 0 Å². The van der Waals surface area contributed by atoms with Gasteiger partial charge in [0.1, 0.15) is 5.75 Å². The summed E-state index contributed by atoms with van der Waals surface area (Å²) in [7, 11) is 3.52. The summed E-state index contributed by atoms with van der Waals surface area (Å²) < 4.78 is 5.42. The number of hydrogen-bond donors (Lipinski definition) is 1. The molecule has 0 amide bonds. The van der Waals surface area contributed by atoms with E-state index in [0.717, 1.165) is 17.0 Å². The smallest absolute Gasteiger partial charge is 0.145 e. The van der Waals surface area contributed by atoms with Gasteiger partial charge in [-0.1, -0.05) is 26.8 Å². The number of ether oxygens (including phenoxy) is 1. The fourth-order valence-electron chi connectivity index (χ4n) is 1.79. The largest absolute Gasteiger partial charge is 0.494 e. The van der Waals surface area contributed by atoms with Crippen molar-refractivity contribution in [2.24, 2.45) is 0 Å². The van der Waals surface area contributed by atoms with E-state index in [-0.39, 0.29) is 5.41 Å². The molecule has 0 aliphatic carbocycles. The Balaban J connectivity index is 3.44. The van der Waals surface area contributed by atoms with Gasteiger partial charge in [0.2, 0.25) is 0 Å². The molecule has 1 rings (SSSR count). The second-order valence-corrected chi connectivity index (χ2v) is 5.34. The summed E-state index contributed by atoms with van der Waals surface area (Å²) in [5.74, 6) is 0.837. The van der Waals surface area contributed by atoms with Gasteiger partial charge in [-0.25, -0.2) is 0 Å². The first-order valence-electron chi connectivity index (χ1n) is 5.73. The van der Waals surface area contributed by atoms with E-state index in [1.54, 1.807) is 12.0 Å². The van der Waals surface area contributed by atoms with Crippen molar-refractivity contribution in [3.05, 3.63) is 23.3 Å². The number of rotatable bonds is 3. The molecule has 1 aromatic carbocycles. The monoisotopic (exact) mass is 234 g/mol. The second kappa shape index (κ2) is 4.78. The van der Waals surface area contributed by atoms with Crippen molar-refractivity contribution >= 4 is 12.0 Å². The molecule has 0 bridgehead atoms. The summed E-state index contributed by atoms with van der Waals surface area (Å²) in [6.07, 6.45) is 1.30. The average Bonchev–Trinajstić information content (AvgIpc) is 2.25. The summed E-state index contributed by atoms with van der Waals surface area (Å²) in [5.41, 5.74) is 3.38. The quantitative estimate of drug-likeness (QED) is 0.643. The van der Waals surface area contributed by atoms with Crippen LogP contribution in [0.5, 0.6) is 5.75 Å². The molecule has 94 valence electrons. The van der Waals surface area contributed by atoms with Crippen molar-refractivity contribution in [3.8, 4) is 5.75 Å². The van der Waals surface area contributed by atoms with E-state index in [0.29, 0.717) is 0 Å². The number of aryl methyl sites for hydroxylation is 1. The Labute approximate surface area is 104 Å². The molecule has 0 fully saturated rings. The molecule has 0 saturated carbocycles. The molecule has 0 saturated heterocycles. The Morgan fingerprint density at radius 3 is 2.29 bits per heavy atom.